The van der Waals surface area contributed by atoms with Crippen LogP contribution in [0, 0.1) is 0 Å². The number of anilines is 2. The Labute approximate surface area is 323 Å². The molecule has 0 atom stereocenters. The fourth-order valence-corrected chi connectivity index (χ4v) is 9.42. The lowest BCUT2D eigenvalue weighted by Gasteiger charge is -2.16. The standard InChI is InChI=1S/C52H34N2S/c1-3-12-34(13-4-1)35-22-26-40(27-23-35)54-49-29-25-39(31-44(49)45-32-46-42-19-9-10-21-51(42)55-52(46)33-50(45)54)38-24-28-48(43(30-38)37-14-5-2-6-15-37)53-47-20-11-17-36-16-7-8-18-41(36)47/h1-33,53H. The van der Waals surface area contributed by atoms with Crippen LogP contribution in [0.5, 0.6) is 0 Å². The van der Waals surface area contributed by atoms with Crippen LogP contribution in [0.25, 0.3) is 91.8 Å². The average molecular weight is 719 g/mol. The molecule has 0 radical (unpaired) electrons. The van der Waals surface area contributed by atoms with Crippen LogP contribution in [0.4, 0.5) is 11.4 Å². The number of thiophene rings is 1. The van der Waals surface area contributed by atoms with Gasteiger partial charge in [0.2, 0.25) is 0 Å². The van der Waals surface area contributed by atoms with Crippen LogP contribution < -0.4 is 5.32 Å². The summed E-state index contributed by atoms with van der Waals surface area (Å²) in [6.07, 6.45) is 0. The van der Waals surface area contributed by atoms with E-state index in [1.54, 1.807) is 0 Å². The molecule has 0 unspecified atom stereocenters. The maximum Gasteiger partial charge on any atom is 0.0555 e. The number of benzene rings is 9. The van der Waals surface area contributed by atoms with E-state index in [4.69, 9.17) is 0 Å². The number of hydrogen-bond donors (Lipinski definition) is 1. The van der Waals surface area contributed by atoms with Crippen LogP contribution in [0.15, 0.2) is 200 Å². The highest BCUT2D eigenvalue weighted by Crippen LogP contribution is 2.43. The van der Waals surface area contributed by atoms with Crippen molar-refractivity contribution in [3.05, 3.63) is 200 Å². The topological polar surface area (TPSA) is 17.0 Å². The van der Waals surface area contributed by atoms with E-state index in [0.29, 0.717) is 0 Å². The molecule has 2 nitrogen and oxygen atoms in total. The molecule has 0 aliphatic heterocycles. The normalized spacial score (nSPS) is 11.6. The Morgan fingerprint density at radius 2 is 0.982 bits per heavy atom. The minimum atomic E-state index is 1.08. The van der Waals surface area contributed by atoms with Gasteiger partial charge in [0.1, 0.15) is 0 Å². The first-order chi connectivity index (χ1) is 27.2. The summed E-state index contributed by atoms with van der Waals surface area (Å²) in [6.45, 7) is 0. The van der Waals surface area contributed by atoms with Crippen molar-refractivity contribution >= 4 is 75.5 Å². The summed E-state index contributed by atoms with van der Waals surface area (Å²) in [4.78, 5) is 0. The smallest absolute Gasteiger partial charge is 0.0555 e. The molecule has 0 bridgehead atoms. The van der Waals surface area contributed by atoms with Crippen molar-refractivity contribution in [3.63, 3.8) is 0 Å². The molecule has 1 N–H and O–H groups in total. The van der Waals surface area contributed by atoms with Gasteiger partial charge >= 0.3 is 0 Å². The quantitative estimate of drug-likeness (QED) is 0.181. The van der Waals surface area contributed by atoms with Gasteiger partial charge in [-0.3, -0.25) is 0 Å². The van der Waals surface area contributed by atoms with Crippen LogP contribution in [0.3, 0.4) is 0 Å². The van der Waals surface area contributed by atoms with Gasteiger partial charge in [0.15, 0.2) is 0 Å². The van der Waals surface area contributed by atoms with Gasteiger partial charge in [0, 0.05) is 59.0 Å². The van der Waals surface area contributed by atoms with Gasteiger partial charge in [0.05, 0.1) is 11.0 Å². The molecule has 0 saturated carbocycles. The molecule has 258 valence electrons. The highest BCUT2D eigenvalue weighted by atomic mass is 32.1. The molecule has 11 aromatic rings. The number of nitrogens with one attached hydrogen (secondary N) is 1. The summed E-state index contributed by atoms with van der Waals surface area (Å²) >= 11 is 1.87. The van der Waals surface area contributed by atoms with Crippen molar-refractivity contribution in [2.24, 2.45) is 0 Å². The van der Waals surface area contributed by atoms with Crippen molar-refractivity contribution < 1.29 is 0 Å². The van der Waals surface area contributed by atoms with E-state index in [0.717, 1.165) is 17.1 Å². The van der Waals surface area contributed by atoms with E-state index in [2.05, 4.69) is 210 Å². The van der Waals surface area contributed by atoms with Gasteiger partial charge in [-0.25, -0.2) is 0 Å². The molecule has 55 heavy (non-hydrogen) atoms. The van der Waals surface area contributed by atoms with Crippen LogP contribution in [0.2, 0.25) is 0 Å². The Morgan fingerprint density at radius 3 is 1.82 bits per heavy atom. The first kappa shape index (κ1) is 31.6. The second-order valence-corrected chi connectivity index (χ2v) is 15.3. The minimum Gasteiger partial charge on any atom is -0.355 e. The average Bonchev–Trinajstić information content (AvgIpc) is 3.78. The molecular weight excluding hydrogens is 685 g/mol. The molecule has 0 aliphatic carbocycles. The van der Waals surface area contributed by atoms with Crippen molar-refractivity contribution in [3.8, 4) is 39.1 Å². The zero-order valence-corrected chi connectivity index (χ0v) is 30.7. The molecule has 0 spiro atoms. The number of fused-ring (bicyclic) bond motifs is 7. The van der Waals surface area contributed by atoms with Gasteiger partial charge in [-0.1, -0.05) is 140 Å². The third kappa shape index (κ3) is 5.40. The summed E-state index contributed by atoms with van der Waals surface area (Å²) < 4.78 is 5.07. The number of rotatable bonds is 6. The molecular formula is C52H34N2S. The van der Waals surface area contributed by atoms with E-state index in [1.807, 2.05) is 11.3 Å². The number of aromatic nitrogens is 1. The summed E-state index contributed by atoms with van der Waals surface area (Å²) in [5.41, 5.74) is 12.9. The second-order valence-electron chi connectivity index (χ2n) is 14.2. The Bertz CT molecular complexity index is 3200. The largest absolute Gasteiger partial charge is 0.355 e. The van der Waals surface area contributed by atoms with Crippen molar-refractivity contribution in [1.29, 1.82) is 0 Å². The van der Waals surface area contributed by atoms with Crippen LogP contribution in [-0.4, -0.2) is 4.57 Å². The third-order valence-electron chi connectivity index (χ3n) is 11.0. The Hall–Kier alpha value is -6.94. The Kier molecular flexibility index (Phi) is 7.39. The monoisotopic (exact) mass is 718 g/mol. The first-order valence-corrected chi connectivity index (χ1v) is 19.6. The lowest BCUT2D eigenvalue weighted by Crippen LogP contribution is -1.95. The Balaban J connectivity index is 1.09. The highest BCUT2D eigenvalue weighted by molar-refractivity contribution is 7.25. The van der Waals surface area contributed by atoms with E-state index < -0.39 is 0 Å². The molecule has 2 heterocycles. The lowest BCUT2D eigenvalue weighted by atomic mass is 9.96. The lowest BCUT2D eigenvalue weighted by molar-refractivity contribution is 1.18. The maximum atomic E-state index is 3.81. The zero-order valence-electron chi connectivity index (χ0n) is 29.9. The van der Waals surface area contributed by atoms with Gasteiger partial charge in [-0.2, -0.15) is 0 Å². The summed E-state index contributed by atoms with van der Waals surface area (Å²) in [5.74, 6) is 0. The van der Waals surface area contributed by atoms with Crippen molar-refractivity contribution in [1.82, 2.24) is 4.57 Å². The fraction of sp³-hybridized carbons (Fsp3) is 0. The van der Waals surface area contributed by atoms with Gasteiger partial charge in [-0.05, 0) is 93.9 Å². The minimum absolute atomic E-state index is 1.08. The van der Waals surface area contributed by atoms with E-state index in [9.17, 15) is 0 Å². The number of hydrogen-bond acceptors (Lipinski definition) is 2. The molecule has 3 heteroatoms. The Morgan fingerprint density at radius 1 is 0.345 bits per heavy atom. The SMILES string of the molecule is c1ccc(-c2ccc(-n3c4ccc(-c5ccc(Nc6cccc7ccccc67)c(-c6ccccc6)c5)cc4c4cc5c(cc43)sc3ccccc35)cc2)cc1. The van der Waals surface area contributed by atoms with Gasteiger partial charge in [0.25, 0.3) is 0 Å². The van der Waals surface area contributed by atoms with Crippen LogP contribution >= 0.6 is 11.3 Å². The summed E-state index contributed by atoms with van der Waals surface area (Å²) in [5, 5.41) is 11.4. The fourth-order valence-electron chi connectivity index (χ4n) is 8.30. The number of nitrogens with zero attached hydrogens (tertiary/aromatic N) is 1. The predicted molar refractivity (Wildman–Crippen MR) is 237 cm³/mol. The van der Waals surface area contributed by atoms with Crippen molar-refractivity contribution in [2.75, 3.05) is 5.32 Å². The molecule has 0 saturated heterocycles. The van der Waals surface area contributed by atoms with Crippen LogP contribution in [-0.2, 0) is 0 Å². The first-order valence-electron chi connectivity index (χ1n) is 18.8. The molecule has 0 aliphatic rings. The maximum absolute atomic E-state index is 3.81. The second kappa shape index (κ2) is 12.9. The predicted octanol–water partition coefficient (Wildman–Crippen LogP) is 15.0. The summed E-state index contributed by atoms with van der Waals surface area (Å²) in [7, 11) is 0. The molecule has 0 fully saturated rings. The van der Waals surface area contributed by atoms with Gasteiger partial charge in [-0.15, -0.1) is 11.3 Å². The highest BCUT2D eigenvalue weighted by Gasteiger charge is 2.18. The molecule has 9 aromatic carbocycles. The van der Waals surface area contributed by atoms with Crippen molar-refractivity contribution in [2.45, 2.75) is 0 Å². The summed E-state index contributed by atoms with van der Waals surface area (Å²) in [6, 6.07) is 72.8. The van der Waals surface area contributed by atoms with E-state index >= 15 is 0 Å². The molecule has 2 aromatic heterocycles. The van der Waals surface area contributed by atoms with E-state index in [1.165, 1.54) is 86.1 Å². The van der Waals surface area contributed by atoms with Crippen LogP contribution in [0.1, 0.15) is 0 Å². The third-order valence-corrected chi connectivity index (χ3v) is 12.1. The van der Waals surface area contributed by atoms with E-state index in [-0.39, 0.29) is 0 Å². The zero-order chi connectivity index (χ0) is 36.3. The van der Waals surface area contributed by atoms with Gasteiger partial charge < -0.3 is 9.88 Å². The molecule has 11 rings (SSSR count). The molecule has 0 amide bonds.